The maximum Gasteiger partial charge on any atom is 0.0448 e. The SMILES string of the molecule is CC(C)CNCC1(C[Si](C)(C)C)CCC(C(C)(C)C)CC1. The smallest absolute Gasteiger partial charge is 0.0448 e. The first-order valence-corrected chi connectivity index (χ1v) is 12.9. The van der Waals surface area contributed by atoms with Crippen LogP contribution in [0.4, 0.5) is 0 Å². The average Bonchev–Trinajstić information content (AvgIpc) is 2.25. The molecule has 1 saturated carbocycles. The normalized spacial score (nSPS) is 28.1. The summed E-state index contributed by atoms with van der Waals surface area (Å²) in [6.07, 6.45) is 5.78. The Morgan fingerprint density at radius 3 is 2.00 bits per heavy atom. The second-order valence-electron chi connectivity index (χ2n) is 10.4. The Hall–Kier alpha value is 0.177. The third kappa shape index (κ3) is 6.86. The Kier molecular flexibility index (Phi) is 6.56. The Bertz CT molecular complexity index is 301. The fourth-order valence-electron chi connectivity index (χ4n) is 4.26. The van der Waals surface area contributed by atoms with Crippen LogP contribution in [0.25, 0.3) is 0 Å². The van der Waals surface area contributed by atoms with E-state index in [1.54, 1.807) is 0 Å². The van der Waals surface area contributed by atoms with Crippen molar-refractivity contribution in [2.45, 2.75) is 86.0 Å². The minimum Gasteiger partial charge on any atom is -0.316 e. The summed E-state index contributed by atoms with van der Waals surface area (Å²) in [6.45, 7) is 22.0. The molecule has 1 aliphatic carbocycles. The molecule has 1 aliphatic rings. The van der Waals surface area contributed by atoms with Crippen LogP contribution in [0.3, 0.4) is 0 Å². The molecule has 0 amide bonds. The zero-order chi connectivity index (χ0) is 16.3. The van der Waals surface area contributed by atoms with Gasteiger partial charge >= 0.3 is 0 Å². The van der Waals surface area contributed by atoms with Crippen molar-refractivity contribution in [1.29, 1.82) is 0 Å². The topological polar surface area (TPSA) is 12.0 Å². The second kappa shape index (κ2) is 7.17. The van der Waals surface area contributed by atoms with Gasteiger partial charge in [-0.15, -0.1) is 0 Å². The van der Waals surface area contributed by atoms with E-state index in [2.05, 4.69) is 59.6 Å². The molecule has 2 heteroatoms. The van der Waals surface area contributed by atoms with Crippen molar-refractivity contribution in [2.24, 2.45) is 22.7 Å². The average molecular weight is 312 g/mol. The molecule has 0 spiro atoms. The van der Waals surface area contributed by atoms with Crippen molar-refractivity contribution in [3.63, 3.8) is 0 Å². The van der Waals surface area contributed by atoms with E-state index in [1.807, 2.05) is 0 Å². The van der Waals surface area contributed by atoms with E-state index in [0.29, 0.717) is 10.8 Å². The molecule has 21 heavy (non-hydrogen) atoms. The number of hydrogen-bond acceptors (Lipinski definition) is 1. The number of hydrogen-bond donors (Lipinski definition) is 1. The van der Waals surface area contributed by atoms with Crippen LogP contribution in [0, 0.1) is 22.7 Å². The third-order valence-corrected chi connectivity index (χ3v) is 7.04. The lowest BCUT2D eigenvalue weighted by atomic mass is 9.64. The van der Waals surface area contributed by atoms with Crippen LogP contribution >= 0.6 is 0 Å². The molecule has 0 unspecified atom stereocenters. The quantitative estimate of drug-likeness (QED) is 0.612. The minimum absolute atomic E-state index is 0.497. The summed E-state index contributed by atoms with van der Waals surface area (Å²) in [5, 5.41) is 3.79. The molecular formula is C19H41NSi. The molecule has 1 fully saturated rings. The van der Waals surface area contributed by atoms with Crippen molar-refractivity contribution >= 4 is 8.07 Å². The highest BCUT2D eigenvalue weighted by atomic mass is 28.3. The first kappa shape index (κ1) is 19.2. The Morgan fingerprint density at radius 1 is 1.10 bits per heavy atom. The van der Waals surface area contributed by atoms with E-state index < -0.39 is 8.07 Å². The van der Waals surface area contributed by atoms with Gasteiger partial charge in [-0.2, -0.15) is 0 Å². The first-order chi connectivity index (χ1) is 9.44. The highest BCUT2D eigenvalue weighted by molar-refractivity contribution is 6.76. The fraction of sp³-hybridized carbons (Fsp3) is 1.00. The lowest BCUT2D eigenvalue weighted by Crippen LogP contribution is -2.44. The third-order valence-electron chi connectivity index (χ3n) is 5.23. The largest absolute Gasteiger partial charge is 0.316 e. The summed E-state index contributed by atoms with van der Waals surface area (Å²) < 4.78 is 0. The molecule has 0 saturated heterocycles. The van der Waals surface area contributed by atoms with Crippen LogP contribution in [0.2, 0.25) is 25.7 Å². The van der Waals surface area contributed by atoms with Gasteiger partial charge in [0, 0.05) is 14.6 Å². The van der Waals surface area contributed by atoms with Gasteiger partial charge in [-0.3, -0.25) is 0 Å². The van der Waals surface area contributed by atoms with Crippen LogP contribution in [0.5, 0.6) is 0 Å². The Morgan fingerprint density at radius 2 is 1.62 bits per heavy atom. The minimum atomic E-state index is -1.00. The zero-order valence-corrected chi connectivity index (χ0v) is 17.1. The van der Waals surface area contributed by atoms with Crippen LogP contribution in [-0.4, -0.2) is 21.2 Å². The van der Waals surface area contributed by atoms with E-state index in [9.17, 15) is 0 Å². The van der Waals surface area contributed by atoms with Gasteiger partial charge in [0.15, 0.2) is 0 Å². The van der Waals surface area contributed by atoms with E-state index in [1.165, 1.54) is 44.8 Å². The molecule has 0 heterocycles. The van der Waals surface area contributed by atoms with Crippen LogP contribution in [-0.2, 0) is 0 Å². The van der Waals surface area contributed by atoms with Gasteiger partial charge < -0.3 is 5.32 Å². The summed E-state index contributed by atoms with van der Waals surface area (Å²) >= 11 is 0. The van der Waals surface area contributed by atoms with Crippen molar-refractivity contribution in [2.75, 3.05) is 13.1 Å². The van der Waals surface area contributed by atoms with E-state index in [4.69, 9.17) is 0 Å². The molecule has 0 aromatic rings. The molecule has 0 atom stereocenters. The Labute approximate surface area is 135 Å². The summed E-state index contributed by atoms with van der Waals surface area (Å²) in [6, 6.07) is 1.50. The Balaban J connectivity index is 2.67. The molecule has 0 radical (unpaired) electrons. The molecule has 1 N–H and O–H groups in total. The van der Waals surface area contributed by atoms with E-state index >= 15 is 0 Å². The van der Waals surface area contributed by atoms with Gasteiger partial charge in [-0.1, -0.05) is 60.3 Å². The summed E-state index contributed by atoms with van der Waals surface area (Å²) in [7, 11) is -1.00. The molecule has 1 nitrogen and oxygen atoms in total. The molecule has 0 aromatic heterocycles. The van der Waals surface area contributed by atoms with Gasteiger partial charge in [-0.25, -0.2) is 0 Å². The van der Waals surface area contributed by atoms with Gasteiger partial charge in [0.05, 0.1) is 0 Å². The molecule has 0 bridgehead atoms. The predicted molar refractivity (Wildman–Crippen MR) is 99.7 cm³/mol. The summed E-state index contributed by atoms with van der Waals surface area (Å²) in [4.78, 5) is 0. The first-order valence-electron chi connectivity index (χ1n) is 9.14. The monoisotopic (exact) mass is 311 g/mol. The van der Waals surface area contributed by atoms with E-state index in [-0.39, 0.29) is 0 Å². The van der Waals surface area contributed by atoms with Crippen LogP contribution in [0.15, 0.2) is 0 Å². The number of nitrogens with one attached hydrogen (secondary N) is 1. The van der Waals surface area contributed by atoms with Gasteiger partial charge in [0.2, 0.25) is 0 Å². The van der Waals surface area contributed by atoms with Crippen molar-refractivity contribution in [1.82, 2.24) is 5.32 Å². The van der Waals surface area contributed by atoms with Crippen LogP contribution < -0.4 is 5.32 Å². The highest BCUT2D eigenvalue weighted by Crippen LogP contribution is 2.48. The maximum atomic E-state index is 3.79. The molecule has 1 rings (SSSR count). The zero-order valence-electron chi connectivity index (χ0n) is 16.1. The highest BCUT2D eigenvalue weighted by Gasteiger charge is 2.40. The summed E-state index contributed by atoms with van der Waals surface area (Å²) in [5.74, 6) is 1.69. The standard InChI is InChI=1S/C19H41NSi/c1-16(2)13-20-14-19(15-21(6,7)8)11-9-17(10-12-19)18(3,4)5/h16-17,20H,9-15H2,1-8H3. The lowest BCUT2D eigenvalue weighted by molar-refractivity contribution is 0.0973. The maximum absolute atomic E-state index is 3.79. The van der Waals surface area contributed by atoms with E-state index in [0.717, 1.165) is 11.8 Å². The van der Waals surface area contributed by atoms with Gasteiger partial charge in [0.1, 0.15) is 0 Å². The molecule has 0 aliphatic heterocycles. The fourth-order valence-corrected chi connectivity index (χ4v) is 6.99. The lowest BCUT2D eigenvalue weighted by Gasteiger charge is -2.46. The van der Waals surface area contributed by atoms with Crippen molar-refractivity contribution < 1.29 is 0 Å². The molecular weight excluding hydrogens is 270 g/mol. The van der Waals surface area contributed by atoms with Gasteiger partial charge in [0.25, 0.3) is 0 Å². The van der Waals surface area contributed by atoms with Crippen molar-refractivity contribution in [3.8, 4) is 0 Å². The molecule has 126 valence electrons. The number of rotatable bonds is 6. The predicted octanol–water partition coefficient (Wildman–Crippen LogP) is 5.79. The molecule has 0 aromatic carbocycles. The van der Waals surface area contributed by atoms with Crippen molar-refractivity contribution in [3.05, 3.63) is 0 Å². The van der Waals surface area contributed by atoms with Gasteiger partial charge in [-0.05, 0) is 54.9 Å². The summed E-state index contributed by atoms with van der Waals surface area (Å²) in [5.41, 5.74) is 1.10. The van der Waals surface area contributed by atoms with Crippen LogP contribution in [0.1, 0.15) is 60.3 Å². The second-order valence-corrected chi connectivity index (χ2v) is 15.9.